The van der Waals surface area contributed by atoms with E-state index in [4.69, 9.17) is 0 Å². The Morgan fingerprint density at radius 1 is 1.44 bits per heavy atom. The Morgan fingerprint density at radius 3 is 1.78 bits per heavy atom. The second-order valence-electron chi connectivity index (χ2n) is 1.50. The maximum absolute atomic E-state index is 11.6. The minimum atomic E-state index is -3.82. The number of aliphatic carboxylic acids is 1. The van der Waals surface area contributed by atoms with Crippen molar-refractivity contribution in [2.75, 3.05) is 0 Å². The maximum atomic E-state index is 11.6. The highest BCUT2D eigenvalue weighted by Gasteiger charge is 2.32. The summed E-state index contributed by atoms with van der Waals surface area (Å²) >= 11 is 0. The van der Waals surface area contributed by atoms with Gasteiger partial charge >= 0.3 is 5.92 Å². The summed E-state index contributed by atoms with van der Waals surface area (Å²) in [5.74, 6) is -8.37. The third-order valence-electron chi connectivity index (χ3n) is 0.584. The summed E-state index contributed by atoms with van der Waals surface area (Å²) in [6.07, 6.45) is 0. The number of rotatable bonds is 2. The third kappa shape index (κ3) is 2.16. The van der Waals surface area contributed by atoms with Crippen molar-refractivity contribution < 1.29 is 23.5 Å². The van der Waals surface area contributed by atoms with Crippen LogP contribution in [-0.2, 0) is 9.59 Å². The zero-order valence-corrected chi connectivity index (χ0v) is 4.48. The molecule has 0 saturated carbocycles. The minimum absolute atomic E-state index is 0.200. The molecule has 0 rings (SSSR count). The predicted molar refractivity (Wildman–Crippen MR) is 20.6 cm³/mol. The topological polar surface area (TPSA) is 57.2 Å². The fourth-order valence-electron chi connectivity index (χ4n) is 0.179. The quantitative estimate of drug-likeness (QED) is 0.457. The Hall–Kier alpha value is -1.00. The fraction of sp³-hybridized carbons (Fsp3) is 0.500. The maximum Gasteiger partial charge on any atom is 0.308 e. The van der Waals surface area contributed by atoms with Crippen molar-refractivity contribution >= 4 is 11.8 Å². The lowest BCUT2D eigenvalue weighted by molar-refractivity contribution is -0.302. The molecule has 0 fully saturated rings. The first-order valence-corrected chi connectivity index (χ1v) is 1.99. The van der Waals surface area contributed by atoms with Crippen molar-refractivity contribution in [3.63, 3.8) is 0 Å². The van der Waals surface area contributed by atoms with Crippen LogP contribution in [0.1, 0.15) is 6.92 Å². The summed E-state index contributed by atoms with van der Waals surface area (Å²) in [6.45, 7) is 0.200. The third-order valence-corrected chi connectivity index (χ3v) is 0.584. The molecule has 0 atom stereocenters. The highest BCUT2D eigenvalue weighted by atomic mass is 19.3. The van der Waals surface area contributed by atoms with E-state index in [1.54, 1.807) is 0 Å². The summed E-state index contributed by atoms with van der Waals surface area (Å²) < 4.78 is 23.2. The molecule has 0 heterocycles. The molecular weight excluding hydrogens is 134 g/mol. The number of carbonyl (C=O) groups is 2. The van der Waals surface area contributed by atoms with E-state index >= 15 is 0 Å². The molecule has 0 bridgehead atoms. The highest BCUT2D eigenvalue weighted by molar-refractivity contribution is 6.34. The molecule has 3 nitrogen and oxygen atoms in total. The second-order valence-corrected chi connectivity index (χ2v) is 1.50. The first kappa shape index (κ1) is 8.00. The smallest absolute Gasteiger partial charge is 0.308 e. The van der Waals surface area contributed by atoms with E-state index in [-0.39, 0.29) is 6.92 Å². The number of carboxylic acids is 1. The van der Waals surface area contributed by atoms with E-state index in [0.717, 1.165) is 0 Å². The highest BCUT2D eigenvalue weighted by Crippen LogP contribution is 2.11. The molecule has 0 unspecified atom stereocenters. The van der Waals surface area contributed by atoms with Crippen LogP contribution in [0.25, 0.3) is 0 Å². The molecule has 9 heavy (non-hydrogen) atoms. The summed E-state index contributed by atoms with van der Waals surface area (Å²) in [6, 6.07) is 0. The Morgan fingerprint density at radius 2 is 1.78 bits per heavy atom. The number of halogens is 2. The normalized spacial score (nSPS) is 11.0. The van der Waals surface area contributed by atoms with E-state index in [1.807, 2.05) is 0 Å². The van der Waals surface area contributed by atoms with Crippen molar-refractivity contribution in [2.45, 2.75) is 12.8 Å². The van der Waals surface area contributed by atoms with Gasteiger partial charge in [0.2, 0.25) is 5.78 Å². The van der Waals surface area contributed by atoms with Gasteiger partial charge in [-0.1, -0.05) is 0 Å². The van der Waals surface area contributed by atoms with Crippen LogP contribution in [0, 0.1) is 0 Å². The Labute approximate surface area is 49.3 Å². The van der Waals surface area contributed by atoms with Crippen LogP contribution in [0.2, 0.25) is 0 Å². The molecule has 0 aromatic carbocycles. The van der Waals surface area contributed by atoms with Crippen molar-refractivity contribution in [1.82, 2.24) is 0 Å². The van der Waals surface area contributed by atoms with E-state index in [2.05, 4.69) is 0 Å². The van der Waals surface area contributed by atoms with Gasteiger partial charge in [0.05, 0.1) is 0 Å². The fourth-order valence-corrected chi connectivity index (χ4v) is 0.179. The van der Waals surface area contributed by atoms with Gasteiger partial charge in [-0.15, -0.1) is 0 Å². The molecule has 0 aliphatic carbocycles. The number of Topliss-reactive ketones (excluding diaryl/α,β-unsaturated/α-hetero) is 1. The van der Waals surface area contributed by atoms with Gasteiger partial charge in [-0.3, -0.25) is 4.79 Å². The number of hydrogen-bond acceptors (Lipinski definition) is 3. The van der Waals surface area contributed by atoms with Gasteiger partial charge in [0.15, 0.2) is 0 Å². The zero-order chi connectivity index (χ0) is 7.65. The number of carbonyl (C=O) groups excluding carboxylic acids is 2. The molecule has 0 aliphatic heterocycles. The van der Waals surface area contributed by atoms with Gasteiger partial charge in [0.25, 0.3) is 0 Å². The molecule has 0 N–H and O–H groups in total. The molecule has 5 heteroatoms. The molecule has 0 radical (unpaired) electrons. The Bertz CT molecular complexity index is 146. The van der Waals surface area contributed by atoms with Gasteiger partial charge < -0.3 is 9.90 Å². The second kappa shape index (κ2) is 2.08. The molecule has 0 amide bonds. The van der Waals surface area contributed by atoms with E-state index in [9.17, 15) is 23.5 Å². The molecule has 0 aromatic heterocycles. The summed E-state index contributed by atoms with van der Waals surface area (Å²) in [7, 11) is 0. The summed E-state index contributed by atoms with van der Waals surface area (Å²) in [5, 5.41) is 9.41. The first-order chi connectivity index (χ1) is 3.85. The molecule has 0 aliphatic rings. The van der Waals surface area contributed by atoms with Crippen LogP contribution in [0.4, 0.5) is 8.78 Å². The Kier molecular flexibility index (Phi) is 1.85. The van der Waals surface area contributed by atoms with Crippen LogP contribution in [0.3, 0.4) is 0 Å². The van der Waals surface area contributed by atoms with Gasteiger partial charge in [-0.05, 0) is 0 Å². The number of carboxylic acid groups (broad SMARTS) is 1. The Balaban J connectivity index is 4.23. The van der Waals surface area contributed by atoms with Crippen LogP contribution in [0.15, 0.2) is 0 Å². The summed E-state index contributed by atoms with van der Waals surface area (Å²) in [4.78, 5) is 19.2. The van der Waals surface area contributed by atoms with Gasteiger partial charge in [0, 0.05) is 6.92 Å². The monoisotopic (exact) mass is 137 g/mol. The molecule has 52 valence electrons. The SMILES string of the molecule is CC(F)(F)C(=O)C(=O)[O-]. The van der Waals surface area contributed by atoms with Crippen molar-refractivity contribution in [3.8, 4) is 0 Å². The van der Waals surface area contributed by atoms with E-state index in [1.165, 1.54) is 0 Å². The van der Waals surface area contributed by atoms with Gasteiger partial charge in [0.1, 0.15) is 5.97 Å². The van der Waals surface area contributed by atoms with Gasteiger partial charge in [-0.2, -0.15) is 8.78 Å². The van der Waals surface area contributed by atoms with Crippen LogP contribution < -0.4 is 5.11 Å². The van der Waals surface area contributed by atoms with E-state index < -0.39 is 17.7 Å². The van der Waals surface area contributed by atoms with Crippen molar-refractivity contribution in [3.05, 3.63) is 0 Å². The van der Waals surface area contributed by atoms with Crippen LogP contribution in [-0.4, -0.2) is 17.7 Å². The zero-order valence-electron chi connectivity index (χ0n) is 4.48. The largest absolute Gasteiger partial charge is 0.542 e. The lowest BCUT2D eigenvalue weighted by atomic mass is 10.2. The molecule has 0 saturated heterocycles. The standard InChI is InChI=1S/C4H4F2O3/c1-4(5,6)2(7)3(8)9/h1H3,(H,8,9)/p-1. The first-order valence-electron chi connectivity index (χ1n) is 1.99. The number of ketones is 1. The molecular formula is C4H3F2O3-. The van der Waals surface area contributed by atoms with Crippen molar-refractivity contribution in [1.29, 1.82) is 0 Å². The van der Waals surface area contributed by atoms with Crippen molar-refractivity contribution in [2.24, 2.45) is 0 Å². The van der Waals surface area contributed by atoms with Crippen LogP contribution >= 0.6 is 0 Å². The van der Waals surface area contributed by atoms with Crippen LogP contribution in [0.5, 0.6) is 0 Å². The average molecular weight is 137 g/mol. The predicted octanol–water partition coefficient (Wildman–Crippen LogP) is -1.04. The molecule has 0 aromatic rings. The summed E-state index contributed by atoms with van der Waals surface area (Å²) in [5.41, 5.74) is 0. The lowest BCUT2D eigenvalue weighted by Crippen LogP contribution is -2.41. The minimum Gasteiger partial charge on any atom is -0.542 e. The number of alkyl halides is 2. The van der Waals surface area contributed by atoms with E-state index in [0.29, 0.717) is 0 Å². The number of hydrogen-bond donors (Lipinski definition) is 0. The average Bonchev–Trinajstić information content (AvgIpc) is 1.62. The lowest BCUT2D eigenvalue weighted by Gasteiger charge is -2.07. The van der Waals surface area contributed by atoms with Gasteiger partial charge in [-0.25, -0.2) is 0 Å². The molecule has 0 spiro atoms.